The second-order valence-electron chi connectivity index (χ2n) is 8.39. The van der Waals surface area contributed by atoms with Gasteiger partial charge in [-0.25, -0.2) is 0 Å². The Labute approximate surface area is 187 Å². The first-order valence-corrected chi connectivity index (χ1v) is 12.1. The molecule has 3 aromatic carbocycles. The lowest BCUT2D eigenvalue weighted by Gasteiger charge is -2.43. The average molecular weight is 431 g/mol. The van der Waals surface area contributed by atoms with Gasteiger partial charge in [0.05, 0.1) is 0 Å². The Bertz CT molecular complexity index is 1150. The Kier molecular flexibility index (Phi) is 5.22. The standard InChI is InChI=1S/C26H26N2O2S/c1-31-19-12-10-18(11-13-19)20-6-4-8-22-21(20)7-5-9-23(22)24(29)28-17-16-27-25(30)26(28)14-2-3-15-26/h4-13H,2-3,14-17H2,1H3,(H,27,30). The van der Waals surface area contributed by atoms with Crippen LogP contribution in [0.2, 0.25) is 0 Å². The van der Waals surface area contributed by atoms with Crippen LogP contribution in [0.1, 0.15) is 36.0 Å². The molecule has 5 rings (SSSR count). The van der Waals surface area contributed by atoms with Crippen molar-refractivity contribution in [2.75, 3.05) is 19.3 Å². The van der Waals surface area contributed by atoms with Gasteiger partial charge in [0.2, 0.25) is 5.91 Å². The summed E-state index contributed by atoms with van der Waals surface area (Å²) in [6, 6.07) is 20.6. The van der Waals surface area contributed by atoms with Crippen molar-refractivity contribution in [3.05, 3.63) is 66.2 Å². The summed E-state index contributed by atoms with van der Waals surface area (Å²) in [5.74, 6) is -0.0170. The van der Waals surface area contributed by atoms with Crippen LogP contribution in [0.4, 0.5) is 0 Å². The lowest BCUT2D eigenvalue weighted by Crippen LogP contribution is -2.65. The minimum atomic E-state index is -0.678. The van der Waals surface area contributed by atoms with E-state index in [0.29, 0.717) is 18.7 Å². The molecule has 1 saturated carbocycles. The van der Waals surface area contributed by atoms with E-state index in [9.17, 15) is 9.59 Å². The third-order valence-corrected chi connectivity index (χ3v) is 7.53. The molecule has 31 heavy (non-hydrogen) atoms. The van der Waals surface area contributed by atoms with Crippen LogP contribution in [0.25, 0.3) is 21.9 Å². The van der Waals surface area contributed by atoms with Crippen LogP contribution in [0, 0.1) is 0 Å². The molecule has 2 aliphatic rings. The molecule has 1 spiro atoms. The molecule has 1 aliphatic heterocycles. The van der Waals surface area contributed by atoms with Crippen molar-refractivity contribution in [1.82, 2.24) is 10.2 Å². The number of carbonyl (C=O) groups is 2. The van der Waals surface area contributed by atoms with Gasteiger partial charge in [-0.1, -0.05) is 55.3 Å². The molecule has 158 valence electrons. The lowest BCUT2D eigenvalue weighted by molar-refractivity contribution is -0.134. The summed E-state index contributed by atoms with van der Waals surface area (Å²) in [4.78, 5) is 29.7. The summed E-state index contributed by atoms with van der Waals surface area (Å²) in [7, 11) is 0. The van der Waals surface area contributed by atoms with Crippen LogP contribution in [-0.2, 0) is 4.79 Å². The van der Waals surface area contributed by atoms with Crippen LogP contribution in [0.15, 0.2) is 65.6 Å². The zero-order valence-corrected chi connectivity index (χ0v) is 18.5. The van der Waals surface area contributed by atoms with Gasteiger partial charge in [0, 0.05) is 23.5 Å². The number of rotatable bonds is 3. The first-order chi connectivity index (χ1) is 15.1. The molecule has 1 saturated heterocycles. The van der Waals surface area contributed by atoms with E-state index in [0.717, 1.165) is 47.6 Å². The molecule has 2 amide bonds. The lowest BCUT2D eigenvalue weighted by atomic mass is 9.89. The number of nitrogens with zero attached hydrogens (tertiary/aromatic N) is 1. The molecular weight excluding hydrogens is 404 g/mol. The minimum absolute atomic E-state index is 0.0133. The second-order valence-corrected chi connectivity index (χ2v) is 9.27. The first kappa shape index (κ1) is 20.1. The van der Waals surface area contributed by atoms with E-state index in [4.69, 9.17) is 0 Å². The number of thioether (sulfide) groups is 1. The van der Waals surface area contributed by atoms with Crippen molar-refractivity contribution >= 4 is 34.3 Å². The monoisotopic (exact) mass is 430 g/mol. The van der Waals surface area contributed by atoms with E-state index >= 15 is 0 Å². The van der Waals surface area contributed by atoms with Crippen molar-refractivity contribution in [1.29, 1.82) is 0 Å². The van der Waals surface area contributed by atoms with E-state index in [1.54, 1.807) is 11.8 Å². The van der Waals surface area contributed by atoms with Gasteiger partial charge in [0.15, 0.2) is 0 Å². The fraction of sp³-hybridized carbons (Fsp3) is 0.308. The molecule has 5 heteroatoms. The molecule has 0 aromatic heterocycles. The summed E-state index contributed by atoms with van der Waals surface area (Å²) in [6.45, 7) is 1.08. The van der Waals surface area contributed by atoms with Crippen molar-refractivity contribution < 1.29 is 9.59 Å². The Morgan fingerprint density at radius 3 is 2.42 bits per heavy atom. The number of hydrogen-bond acceptors (Lipinski definition) is 3. The predicted octanol–water partition coefficient (Wildman–Crippen LogP) is 5.11. The number of amides is 2. The number of carbonyl (C=O) groups excluding carboxylic acids is 2. The number of piperazine rings is 1. The molecule has 3 aromatic rings. The highest BCUT2D eigenvalue weighted by Gasteiger charge is 2.50. The molecule has 0 bridgehead atoms. The molecule has 1 aliphatic carbocycles. The largest absolute Gasteiger partial charge is 0.352 e. The molecule has 0 atom stereocenters. The van der Waals surface area contributed by atoms with Gasteiger partial charge in [-0.15, -0.1) is 11.8 Å². The maximum absolute atomic E-state index is 13.8. The average Bonchev–Trinajstić information content (AvgIpc) is 3.30. The highest BCUT2D eigenvalue weighted by Crippen LogP contribution is 2.39. The van der Waals surface area contributed by atoms with Crippen molar-refractivity contribution in [2.45, 2.75) is 36.1 Å². The molecule has 0 radical (unpaired) electrons. The van der Waals surface area contributed by atoms with Gasteiger partial charge in [0.25, 0.3) is 5.91 Å². The van der Waals surface area contributed by atoms with E-state index in [-0.39, 0.29) is 11.8 Å². The highest BCUT2D eigenvalue weighted by atomic mass is 32.2. The van der Waals surface area contributed by atoms with Crippen molar-refractivity contribution in [2.24, 2.45) is 0 Å². The normalized spacial score (nSPS) is 17.8. The molecule has 1 heterocycles. The molecule has 2 fully saturated rings. The first-order valence-electron chi connectivity index (χ1n) is 10.9. The van der Waals surface area contributed by atoms with Gasteiger partial charge in [-0.2, -0.15) is 0 Å². The topological polar surface area (TPSA) is 49.4 Å². The van der Waals surface area contributed by atoms with E-state index in [1.165, 1.54) is 4.90 Å². The van der Waals surface area contributed by atoms with E-state index in [1.807, 2.05) is 29.2 Å². The van der Waals surface area contributed by atoms with Crippen molar-refractivity contribution in [3.63, 3.8) is 0 Å². The molecule has 0 unspecified atom stereocenters. The number of hydrogen-bond donors (Lipinski definition) is 1. The maximum Gasteiger partial charge on any atom is 0.255 e. The summed E-state index contributed by atoms with van der Waals surface area (Å²) in [6.07, 6.45) is 5.55. The van der Waals surface area contributed by atoms with Gasteiger partial charge < -0.3 is 10.2 Å². The quantitative estimate of drug-likeness (QED) is 0.587. The smallest absolute Gasteiger partial charge is 0.255 e. The summed E-state index contributed by atoms with van der Waals surface area (Å²) >= 11 is 1.72. The van der Waals surface area contributed by atoms with Crippen LogP contribution in [-0.4, -0.2) is 41.6 Å². The Morgan fingerprint density at radius 2 is 1.68 bits per heavy atom. The zero-order chi connectivity index (χ0) is 21.4. The van der Waals surface area contributed by atoms with E-state index in [2.05, 4.69) is 48.0 Å². The van der Waals surface area contributed by atoms with Gasteiger partial charge in [0.1, 0.15) is 5.54 Å². The number of benzene rings is 3. The predicted molar refractivity (Wildman–Crippen MR) is 126 cm³/mol. The van der Waals surface area contributed by atoms with E-state index < -0.39 is 5.54 Å². The van der Waals surface area contributed by atoms with Crippen molar-refractivity contribution in [3.8, 4) is 11.1 Å². The summed E-state index contributed by atoms with van der Waals surface area (Å²) in [5.41, 5.74) is 2.26. The Balaban J connectivity index is 1.59. The molecule has 1 N–H and O–H groups in total. The Morgan fingerprint density at radius 1 is 0.968 bits per heavy atom. The third kappa shape index (κ3) is 3.32. The third-order valence-electron chi connectivity index (χ3n) is 6.79. The fourth-order valence-corrected chi connectivity index (χ4v) is 5.61. The molecule has 4 nitrogen and oxygen atoms in total. The number of nitrogens with one attached hydrogen (secondary N) is 1. The number of fused-ring (bicyclic) bond motifs is 1. The zero-order valence-electron chi connectivity index (χ0n) is 17.7. The van der Waals surface area contributed by atoms with Gasteiger partial charge in [-0.3, -0.25) is 9.59 Å². The van der Waals surface area contributed by atoms with Crippen LogP contribution < -0.4 is 5.32 Å². The van der Waals surface area contributed by atoms with Gasteiger partial charge in [-0.05, 0) is 59.2 Å². The van der Waals surface area contributed by atoms with Crippen LogP contribution in [0.5, 0.6) is 0 Å². The summed E-state index contributed by atoms with van der Waals surface area (Å²) < 4.78 is 0. The Hall–Kier alpha value is -2.79. The minimum Gasteiger partial charge on any atom is -0.352 e. The van der Waals surface area contributed by atoms with Crippen LogP contribution in [0.3, 0.4) is 0 Å². The summed E-state index contributed by atoms with van der Waals surface area (Å²) in [5, 5.41) is 5.00. The SMILES string of the molecule is CSc1ccc(-c2cccc3c(C(=O)N4CCNC(=O)C45CCCC5)cccc23)cc1. The fourth-order valence-electron chi connectivity index (χ4n) is 5.20. The highest BCUT2D eigenvalue weighted by molar-refractivity contribution is 7.98. The maximum atomic E-state index is 13.8. The van der Waals surface area contributed by atoms with Crippen LogP contribution >= 0.6 is 11.8 Å². The van der Waals surface area contributed by atoms with Gasteiger partial charge >= 0.3 is 0 Å². The second kappa shape index (κ2) is 8.04. The molecular formula is C26H26N2O2S.